The summed E-state index contributed by atoms with van der Waals surface area (Å²) in [5.41, 5.74) is -0.470. The smallest absolute Gasteiger partial charge is 0.408 e. The summed E-state index contributed by atoms with van der Waals surface area (Å²) in [5.74, 6) is 0.00972. The second-order valence-corrected chi connectivity index (χ2v) is 4.96. The highest BCUT2D eigenvalue weighted by Gasteiger charge is 2.39. The Hall–Kier alpha value is -1.26. The third-order valence-corrected chi connectivity index (χ3v) is 2.61. The van der Waals surface area contributed by atoms with Crippen LogP contribution in [0.5, 0.6) is 0 Å². The molecule has 0 bridgehead atoms. The Bertz CT molecular complexity index is 283. The van der Waals surface area contributed by atoms with Crippen molar-refractivity contribution < 1.29 is 14.7 Å². The Morgan fingerprint density at radius 3 is 2.33 bits per heavy atom. The monoisotopic (exact) mass is 214 g/mol. The van der Waals surface area contributed by atoms with Gasteiger partial charge in [0.05, 0.1) is 6.04 Å². The van der Waals surface area contributed by atoms with E-state index >= 15 is 0 Å². The average molecular weight is 214 g/mol. The van der Waals surface area contributed by atoms with Crippen molar-refractivity contribution >= 4 is 12.0 Å². The van der Waals surface area contributed by atoms with Crippen molar-refractivity contribution in [1.29, 1.82) is 0 Å². The molecular formula is C10H18N2O3. The molecule has 5 nitrogen and oxygen atoms in total. The van der Waals surface area contributed by atoms with Crippen LogP contribution in [0.2, 0.25) is 0 Å². The van der Waals surface area contributed by atoms with Gasteiger partial charge in [0.25, 0.3) is 0 Å². The highest BCUT2D eigenvalue weighted by atomic mass is 16.4. The molecule has 1 fully saturated rings. The fourth-order valence-corrected chi connectivity index (χ4v) is 2.00. The van der Waals surface area contributed by atoms with Gasteiger partial charge in [-0.05, 0) is 20.8 Å². The molecule has 0 aliphatic carbocycles. The van der Waals surface area contributed by atoms with E-state index in [0.717, 1.165) is 0 Å². The summed E-state index contributed by atoms with van der Waals surface area (Å²) in [4.78, 5) is 25.4. The average Bonchev–Trinajstić information content (AvgIpc) is 2.27. The van der Waals surface area contributed by atoms with Gasteiger partial charge in [0.15, 0.2) is 0 Å². The molecular weight excluding hydrogens is 196 g/mol. The molecule has 2 amide bonds. The molecule has 1 saturated heterocycles. The predicted octanol–water partition coefficient (Wildman–Crippen LogP) is 0.996. The number of likely N-dealkylation sites (tertiary alicyclic amines) is 1. The van der Waals surface area contributed by atoms with E-state index in [0.29, 0.717) is 13.0 Å². The van der Waals surface area contributed by atoms with E-state index in [1.165, 1.54) is 4.90 Å². The van der Waals surface area contributed by atoms with Gasteiger partial charge in [0.2, 0.25) is 5.91 Å². The molecule has 0 saturated carbocycles. The Balaban J connectivity index is 2.84. The molecule has 0 aromatic heterocycles. The lowest BCUT2D eigenvalue weighted by Crippen LogP contribution is -2.51. The van der Waals surface area contributed by atoms with Gasteiger partial charge < -0.3 is 10.0 Å². The third-order valence-electron chi connectivity index (χ3n) is 2.61. The van der Waals surface area contributed by atoms with E-state index in [1.807, 2.05) is 20.8 Å². The van der Waals surface area contributed by atoms with Crippen LogP contribution in [0.1, 0.15) is 27.2 Å². The Kier molecular flexibility index (Phi) is 2.93. The number of hydrogen-bond acceptors (Lipinski definition) is 2. The van der Waals surface area contributed by atoms with Crippen LogP contribution < -0.4 is 0 Å². The standard InChI is InChI=1S/C10H18N2O3/c1-10(2,3)12(9(14)15)7-5-8(13)11(4)6-7/h7H,5-6H2,1-4H3,(H,14,15)/t7-/m0/s1. The number of hydrogen-bond donors (Lipinski definition) is 1. The van der Waals surface area contributed by atoms with Gasteiger partial charge in [0, 0.05) is 25.6 Å². The molecule has 0 unspecified atom stereocenters. The lowest BCUT2D eigenvalue weighted by molar-refractivity contribution is -0.126. The molecule has 1 N–H and O–H groups in total. The summed E-state index contributed by atoms with van der Waals surface area (Å²) in [7, 11) is 1.70. The lowest BCUT2D eigenvalue weighted by Gasteiger charge is -2.37. The minimum atomic E-state index is -0.962. The number of likely N-dealkylation sites (N-methyl/N-ethyl adjacent to an activating group) is 1. The largest absolute Gasteiger partial charge is 0.465 e. The summed E-state index contributed by atoms with van der Waals surface area (Å²) in [6.45, 7) is 6.00. The molecule has 0 radical (unpaired) electrons. The molecule has 1 atom stereocenters. The van der Waals surface area contributed by atoms with Crippen molar-refractivity contribution in [2.75, 3.05) is 13.6 Å². The van der Waals surface area contributed by atoms with Crippen LogP contribution in [0.4, 0.5) is 4.79 Å². The van der Waals surface area contributed by atoms with Crippen LogP contribution in [-0.4, -0.2) is 52.1 Å². The molecule has 1 aliphatic heterocycles. The van der Waals surface area contributed by atoms with Crippen molar-refractivity contribution in [2.45, 2.75) is 38.8 Å². The topological polar surface area (TPSA) is 60.9 Å². The van der Waals surface area contributed by atoms with Crippen LogP contribution in [0.3, 0.4) is 0 Å². The zero-order valence-electron chi connectivity index (χ0n) is 9.65. The van der Waals surface area contributed by atoms with E-state index in [1.54, 1.807) is 11.9 Å². The number of carbonyl (C=O) groups excluding carboxylic acids is 1. The first-order chi connectivity index (χ1) is 6.73. The highest BCUT2D eigenvalue weighted by Crippen LogP contribution is 2.23. The van der Waals surface area contributed by atoms with Crippen molar-refractivity contribution in [1.82, 2.24) is 9.80 Å². The zero-order chi connectivity index (χ0) is 11.8. The molecule has 1 rings (SSSR count). The number of amides is 2. The Morgan fingerprint density at radius 2 is 2.07 bits per heavy atom. The molecule has 0 spiro atoms. The lowest BCUT2D eigenvalue weighted by atomic mass is 10.0. The maximum Gasteiger partial charge on any atom is 0.408 e. The zero-order valence-corrected chi connectivity index (χ0v) is 9.65. The number of carboxylic acid groups (broad SMARTS) is 1. The van der Waals surface area contributed by atoms with Crippen molar-refractivity contribution in [3.63, 3.8) is 0 Å². The third kappa shape index (κ3) is 2.40. The van der Waals surface area contributed by atoms with E-state index in [2.05, 4.69) is 0 Å². The van der Waals surface area contributed by atoms with E-state index < -0.39 is 11.6 Å². The van der Waals surface area contributed by atoms with Crippen LogP contribution in [-0.2, 0) is 4.79 Å². The quantitative estimate of drug-likeness (QED) is 0.708. The summed E-state index contributed by atoms with van der Waals surface area (Å²) in [6.07, 6.45) is -0.671. The fraction of sp³-hybridized carbons (Fsp3) is 0.800. The molecule has 15 heavy (non-hydrogen) atoms. The first-order valence-corrected chi connectivity index (χ1v) is 4.99. The molecule has 86 valence electrons. The van der Waals surface area contributed by atoms with E-state index in [9.17, 15) is 9.59 Å². The van der Waals surface area contributed by atoms with Crippen molar-refractivity contribution in [3.8, 4) is 0 Å². The van der Waals surface area contributed by atoms with E-state index in [-0.39, 0.29) is 11.9 Å². The second kappa shape index (κ2) is 3.72. The number of carbonyl (C=O) groups is 2. The van der Waals surface area contributed by atoms with Gasteiger partial charge >= 0.3 is 6.09 Å². The molecule has 1 heterocycles. The minimum absolute atomic E-state index is 0.00972. The maximum absolute atomic E-state index is 11.3. The molecule has 1 aliphatic rings. The number of rotatable bonds is 1. The normalized spacial score (nSPS) is 22.0. The van der Waals surface area contributed by atoms with Gasteiger partial charge in [-0.15, -0.1) is 0 Å². The first-order valence-electron chi connectivity index (χ1n) is 4.99. The molecule has 5 heteroatoms. The second-order valence-electron chi connectivity index (χ2n) is 4.96. The van der Waals surface area contributed by atoms with Gasteiger partial charge in [-0.1, -0.05) is 0 Å². The van der Waals surface area contributed by atoms with Gasteiger partial charge in [-0.25, -0.2) is 4.79 Å². The maximum atomic E-state index is 11.3. The number of nitrogens with zero attached hydrogens (tertiary/aromatic N) is 2. The minimum Gasteiger partial charge on any atom is -0.465 e. The van der Waals surface area contributed by atoms with Crippen molar-refractivity contribution in [3.05, 3.63) is 0 Å². The molecule has 0 aromatic rings. The summed E-state index contributed by atoms with van der Waals surface area (Å²) >= 11 is 0. The van der Waals surface area contributed by atoms with Gasteiger partial charge in [0.1, 0.15) is 0 Å². The highest BCUT2D eigenvalue weighted by molar-refractivity contribution is 5.80. The fourth-order valence-electron chi connectivity index (χ4n) is 2.00. The summed E-state index contributed by atoms with van der Waals surface area (Å²) in [5, 5.41) is 9.14. The summed E-state index contributed by atoms with van der Waals surface area (Å²) < 4.78 is 0. The van der Waals surface area contributed by atoms with Crippen LogP contribution in [0.25, 0.3) is 0 Å². The predicted molar refractivity (Wildman–Crippen MR) is 55.7 cm³/mol. The summed E-state index contributed by atoms with van der Waals surface area (Å²) in [6, 6.07) is -0.222. The van der Waals surface area contributed by atoms with Crippen LogP contribution in [0.15, 0.2) is 0 Å². The van der Waals surface area contributed by atoms with Gasteiger partial charge in [-0.3, -0.25) is 9.69 Å². The SMILES string of the molecule is CN1C[C@@H](N(C(=O)O)C(C)(C)C)CC1=O. The Morgan fingerprint density at radius 1 is 1.53 bits per heavy atom. The van der Waals surface area contributed by atoms with Gasteiger partial charge in [-0.2, -0.15) is 0 Å². The molecule has 0 aromatic carbocycles. The van der Waals surface area contributed by atoms with Crippen molar-refractivity contribution in [2.24, 2.45) is 0 Å². The van der Waals surface area contributed by atoms with Crippen LogP contribution >= 0.6 is 0 Å². The van der Waals surface area contributed by atoms with Crippen LogP contribution in [0, 0.1) is 0 Å². The first kappa shape index (κ1) is 11.8. The van der Waals surface area contributed by atoms with E-state index in [4.69, 9.17) is 5.11 Å². The Labute approximate surface area is 89.7 Å².